The van der Waals surface area contributed by atoms with Crippen molar-refractivity contribution in [3.05, 3.63) is 35.6 Å². The lowest BCUT2D eigenvalue weighted by Crippen LogP contribution is -2.39. The van der Waals surface area contributed by atoms with Crippen molar-refractivity contribution in [3.8, 4) is 0 Å². The zero-order valence-corrected chi connectivity index (χ0v) is 11.2. The summed E-state index contributed by atoms with van der Waals surface area (Å²) in [6.07, 6.45) is 2.27. The van der Waals surface area contributed by atoms with Gasteiger partial charge in [-0.25, -0.2) is 4.39 Å². The van der Waals surface area contributed by atoms with E-state index in [1.807, 2.05) is 12.1 Å². The Bertz CT molecular complexity index is 317. The summed E-state index contributed by atoms with van der Waals surface area (Å²) < 4.78 is 13.3. The fraction of sp³-hybridized carbons (Fsp3) is 0.500. The van der Waals surface area contributed by atoms with Crippen molar-refractivity contribution < 1.29 is 4.39 Å². The normalized spacial score (nSPS) is 15.8. The molecule has 2 nitrogen and oxygen atoms in total. The van der Waals surface area contributed by atoms with Crippen molar-refractivity contribution in [2.45, 2.75) is 25.4 Å². The van der Waals surface area contributed by atoms with Crippen molar-refractivity contribution in [1.29, 1.82) is 0 Å². The molecule has 1 aromatic rings. The zero-order valence-electron chi connectivity index (χ0n) is 9.62. The van der Waals surface area contributed by atoms with Gasteiger partial charge in [-0.3, -0.25) is 0 Å². The SMILES string of the molecule is Cl.Cl.Fc1ccccc1CNC1CCNCC1. The molecule has 0 saturated carbocycles. The minimum Gasteiger partial charge on any atom is -0.317 e. The van der Waals surface area contributed by atoms with Gasteiger partial charge in [0.1, 0.15) is 5.82 Å². The second-order valence-corrected chi connectivity index (χ2v) is 4.00. The summed E-state index contributed by atoms with van der Waals surface area (Å²) in [6.45, 7) is 2.77. The van der Waals surface area contributed by atoms with Crippen molar-refractivity contribution in [1.82, 2.24) is 10.6 Å². The molecule has 2 N–H and O–H groups in total. The van der Waals surface area contributed by atoms with Gasteiger partial charge in [-0.05, 0) is 32.0 Å². The molecule has 5 heteroatoms. The second kappa shape index (κ2) is 8.70. The van der Waals surface area contributed by atoms with E-state index in [1.54, 1.807) is 6.07 Å². The number of halogens is 3. The largest absolute Gasteiger partial charge is 0.317 e. The van der Waals surface area contributed by atoms with E-state index >= 15 is 0 Å². The van der Waals surface area contributed by atoms with Crippen LogP contribution in [0, 0.1) is 5.82 Å². The first-order chi connectivity index (χ1) is 7.36. The Hall–Kier alpha value is -0.350. The Morgan fingerprint density at radius 2 is 1.82 bits per heavy atom. The minimum absolute atomic E-state index is 0. The Morgan fingerprint density at radius 1 is 1.18 bits per heavy atom. The van der Waals surface area contributed by atoms with Crippen LogP contribution >= 0.6 is 24.8 Å². The van der Waals surface area contributed by atoms with Gasteiger partial charge < -0.3 is 10.6 Å². The molecule has 17 heavy (non-hydrogen) atoms. The van der Waals surface area contributed by atoms with Crippen molar-refractivity contribution in [3.63, 3.8) is 0 Å². The molecular formula is C12H19Cl2FN2. The fourth-order valence-corrected chi connectivity index (χ4v) is 1.92. The maximum atomic E-state index is 13.3. The van der Waals surface area contributed by atoms with E-state index in [0.29, 0.717) is 12.6 Å². The molecule has 0 atom stereocenters. The van der Waals surface area contributed by atoms with Gasteiger partial charge in [-0.1, -0.05) is 18.2 Å². The van der Waals surface area contributed by atoms with Crippen molar-refractivity contribution in [2.24, 2.45) is 0 Å². The predicted molar refractivity (Wildman–Crippen MR) is 73.6 cm³/mol. The third-order valence-corrected chi connectivity index (χ3v) is 2.88. The summed E-state index contributed by atoms with van der Waals surface area (Å²) in [5.74, 6) is -0.112. The summed E-state index contributed by atoms with van der Waals surface area (Å²) in [6, 6.07) is 7.49. The van der Waals surface area contributed by atoms with Crippen LogP contribution in [0.3, 0.4) is 0 Å². The first kappa shape index (κ1) is 16.6. The van der Waals surface area contributed by atoms with E-state index in [1.165, 1.54) is 6.07 Å². The van der Waals surface area contributed by atoms with Gasteiger partial charge in [0.05, 0.1) is 0 Å². The summed E-state index contributed by atoms with van der Waals surface area (Å²) >= 11 is 0. The number of hydrogen-bond acceptors (Lipinski definition) is 2. The van der Waals surface area contributed by atoms with Gasteiger partial charge in [0.25, 0.3) is 0 Å². The van der Waals surface area contributed by atoms with Gasteiger partial charge in [0.15, 0.2) is 0 Å². The predicted octanol–water partition coefficient (Wildman–Crippen LogP) is 2.51. The monoisotopic (exact) mass is 280 g/mol. The molecule has 0 radical (unpaired) electrons. The van der Waals surface area contributed by atoms with E-state index in [2.05, 4.69) is 10.6 Å². The first-order valence-corrected chi connectivity index (χ1v) is 5.54. The minimum atomic E-state index is -0.112. The van der Waals surface area contributed by atoms with Gasteiger partial charge in [-0.15, -0.1) is 24.8 Å². The highest BCUT2D eigenvalue weighted by molar-refractivity contribution is 5.85. The molecule has 1 saturated heterocycles. The van der Waals surface area contributed by atoms with Gasteiger partial charge >= 0.3 is 0 Å². The topological polar surface area (TPSA) is 24.1 Å². The highest BCUT2D eigenvalue weighted by Gasteiger charge is 2.12. The molecule has 1 fully saturated rings. The first-order valence-electron chi connectivity index (χ1n) is 5.54. The quantitative estimate of drug-likeness (QED) is 0.889. The second-order valence-electron chi connectivity index (χ2n) is 4.00. The molecule has 1 aromatic carbocycles. The zero-order chi connectivity index (χ0) is 10.5. The van der Waals surface area contributed by atoms with Crippen LogP contribution in [0.15, 0.2) is 24.3 Å². The van der Waals surface area contributed by atoms with Crippen LogP contribution in [0.4, 0.5) is 4.39 Å². The molecule has 0 bridgehead atoms. The molecule has 0 amide bonds. The van der Waals surface area contributed by atoms with E-state index < -0.39 is 0 Å². The Kier molecular flexibility index (Phi) is 8.52. The smallest absolute Gasteiger partial charge is 0.127 e. The van der Waals surface area contributed by atoms with Crippen LogP contribution in [-0.4, -0.2) is 19.1 Å². The van der Waals surface area contributed by atoms with Crippen LogP contribution in [0.2, 0.25) is 0 Å². The lowest BCUT2D eigenvalue weighted by Gasteiger charge is -2.23. The standard InChI is InChI=1S/C12H17FN2.2ClH/c13-12-4-2-1-3-10(12)9-15-11-5-7-14-8-6-11;;/h1-4,11,14-15H,5-9H2;2*1H. The van der Waals surface area contributed by atoms with Crippen molar-refractivity contribution >= 4 is 24.8 Å². The maximum Gasteiger partial charge on any atom is 0.127 e. The molecule has 1 aliphatic rings. The van der Waals surface area contributed by atoms with Crippen LogP contribution in [0.25, 0.3) is 0 Å². The van der Waals surface area contributed by atoms with Gasteiger partial charge in [0, 0.05) is 18.2 Å². The number of benzene rings is 1. The third kappa shape index (κ3) is 5.21. The molecule has 98 valence electrons. The fourth-order valence-electron chi connectivity index (χ4n) is 1.92. The average Bonchev–Trinajstić information content (AvgIpc) is 2.29. The molecule has 2 rings (SSSR count). The summed E-state index contributed by atoms with van der Waals surface area (Å²) in [4.78, 5) is 0. The van der Waals surface area contributed by atoms with Crippen LogP contribution in [-0.2, 0) is 6.54 Å². The van der Waals surface area contributed by atoms with E-state index in [9.17, 15) is 4.39 Å². The molecular weight excluding hydrogens is 262 g/mol. The molecule has 1 heterocycles. The van der Waals surface area contributed by atoms with Gasteiger partial charge in [0.2, 0.25) is 0 Å². The van der Waals surface area contributed by atoms with E-state index in [4.69, 9.17) is 0 Å². The van der Waals surface area contributed by atoms with E-state index in [-0.39, 0.29) is 30.6 Å². The Morgan fingerprint density at radius 3 is 2.47 bits per heavy atom. The number of nitrogens with one attached hydrogen (secondary N) is 2. The number of hydrogen-bond donors (Lipinski definition) is 2. The number of piperidine rings is 1. The molecule has 0 aromatic heterocycles. The van der Waals surface area contributed by atoms with Crippen LogP contribution in [0.1, 0.15) is 18.4 Å². The van der Waals surface area contributed by atoms with Crippen LogP contribution < -0.4 is 10.6 Å². The molecule has 0 spiro atoms. The molecule has 0 aliphatic carbocycles. The highest BCUT2D eigenvalue weighted by atomic mass is 35.5. The van der Waals surface area contributed by atoms with Crippen molar-refractivity contribution in [2.75, 3.05) is 13.1 Å². The lowest BCUT2D eigenvalue weighted by atomic mass is 10.1. The van der Waals surface area contributed by atoms with E-state index in [0.717, 1.165) is 31.5 Å². The number of rotatable bonds is 3. The summed E-state index contributed by atoms with van der Waals surface area (Å²) in [5.41, 5.74) is 0.760. The van der Waals surface area contributed by atoms with Gasteiger partial charge in [-0.2, -0.15) is 0 Å². The third-order valence-electron chi connectivity index (χ3n) is 2.88. The molecule has 1 aliphatic heterocycles. The highest BCUT2D eigenvalue weighted by Crippen LogP contribution is 2.08. The maximum absolute atomic E-state index is 13.3. The Labute approximate surface area is 114 Å². The molecule has 0 unspecified atom stereocenters. The average molecular weight is 281 g/mol. The van der Waals surface area contributed by atoms with Crippen LogP contribution in [0.5, 0.6) is 0 Å². The summed E-state index contributed by atoms with van der Waals surface area (Å²) in [5, 5.41) is 6.71. The Balaban J connectivity index is 0.00000128. The lowest BCUT2D eigenvalue weighted by molar-refractivity contribution is 0.384. The summed E-state index contributed by atoms with van der Waals surface area (Å²) in [7, 11) is 0.